The minimum absolute atomic E-state index is 0.260. The van der Waals surface area contributed by atoms with Gasteiger partial charge in [0.2, 0.25) is 5.91 Å². The Bertz CT molecular complexity index is 871. The molecule has 0 bridgehead atoms. The number of hydrogen-bond acceptors (Lipinski definition) is 4. The first-order valence-electron chi connectivity index (χ1n) is 8.44. The Balaban J connectivity index is 1.98. The van der Waals surface area contributed by atoms with Gasteiger partial charge in [-0.1, -0.05) is 25.1 Å². The monoisotopic (exact) mass is 362 g/mol. The highest BCUT2D eigenvalue weighted by Gasteiger charge is 2.51. The molecule has 0 aliphatic carbocycles. The molecule has 0 saturated heterocycles. The lowest BCUT2D eigenvalue weighted by atomic mass is 9.63. The van der Waals surface area contributed by atoms with E-state index in [0.717, 1.165) is 17.8 Å². The zero-order valence-electron chi connectivity index (χ0n) is 14.0. The zero-order valence-corrected chi connectivity index (χ0v) is 14.0. The van der Waals surface area contributed by atoms with Crippen LogP contribution in [0, 0.1) is 0 Å². The van der Waals surface area contributed by atoms with Crippen molar-refractivity contribution in [2.45, 2.75) is 37.5 Å². The quantitative estimate of drug-likeness (QED) is 0.847. The van der Waals surface area contributed by atoms with Crippen LogP contribution < -0.4 is 10.6 Å². The first-order chi connectivity index (χ1) is 12.4. The SMILES string of the molecule is CCC1(c2cccc(C(F)(F)F)c2)C2=CN=NC2NC2=C1C(=O)NCC2. The Morgan fingerprint density at radius 3 is 2.88 bits per heavy atom. The number of halogens is 3. The van der Waals surface area contributed by atoms with Crippen molar-refractivity contribution < 1.29 is 18.0 Å². The van der Waals surface area contributed by atoms with E-state index in [4.69, 9.17) is 0 Å². The van der Waals surface area contributed by atoms with Gasteiger partial charge in [-0.2, -0.15) is 23.4 Å². The molecule has 2 unspecified atom stereocenters. The van der Waals surface area contributed by atoms with Gasteiger partial charge < -0.3 is 10.6 Å². The average Bonchev–Trinajstić information content (AvgIpc) is 3.08. The molecule has 136 valence electrons. The van der Waals surface area contributed by atoms with E-state index >= 15 is 0 Å². The van der Waals surface area contributed by atoms with E-state index in [-0.39, 0.29) is 5.91 Å². The lowest BCUT2D eigenvalue weighted by molar-refractivity contribution is -0.137. The Morgan fingerprint density at radius 2 is 2.15 bits per heavy atom. The molecule has 0 saturated carbocycles. The van der Waals surface area contributed by atoms with Crippen LogP contribution in [-0.2, 0) is 16.4 Å². The van der Waals surface area contributed by atoms with Crippen LogP contribution in [0.5, 0.6) is 0 Å². The summed E-state index contributed by atoms with van der Waals surface area (Å²) in [5.74, 6) is -0.260. The predicted molar refractivity (Wildman–Crippen MR) is 87.9 cm³/mol. The van der Waals surface area contributed by atoms with Gasteiger partial charge in [0, 0.05) is 24.2 Å². The molecule has 1 aromatic rings. The maximum absolute atomic E-state index is 13.3. The number of fused-ring (bicyclic) bond motifs is 1. The van der Waals surface area contributed by atoms with Crippen molar-refractivity contribution >= 4 is 5.91 Å². The topological polar surface area (TPSA) is 65.8 Å². The van der Waals surface area contributed by atoms with E-state index in [2.05, 4.69) is 20.9 Å². The number of benzene rings is 1. The first kappa shape index (κ1) is 16.8. The van der Waals surface area contributed by atoms with Crippen molar-refractivity contribution in [2.75, 3.05) is 6.54 Å². The fraction of sp³-hybridized carbons (Fsp3) is 0.389. The van der Waals surface area contributed by atoms with Gasteiger partial charge in [0.05, 0.1) is 22.8 Å². The third kappa shape index (κ3) is 2.28. The fourth-order valence-electron chi connectivity index (χ4n) is 4.16. The van der Waals surface area contributed by atoms with Crippen LogP contribution in [0.3, 0.4) is 0 Å². The molecular formula is C18H17F3N4O. The second kappa shape index (κ2) is 5.69. The van der Waals surface area contributed by atoms with Crippen LogP contribution in [0.4, 0.5) is 13.2 Å². The number of nitrogens with zero attached hydrogens (tertiary/aromatic N) is 2. The van der Waals surface area contributed by atoms with Gasteiger partial charge in [-0.25, -0.2) is 0 Å². The minimum Gasteiger partial charge on any atom is -0.362 e. The molecule has 3 aliphatic heterocycles. The van der Waals surface area contributed by atoms with E-state index in [1.807, 2.05) is 6.92 Å². The van der Waals surface area contributed by atoms with Crippen molar-refractivity contribution in [2.24, 2.45) is 10.2 Å². The van der Waals surface area contributed by atoms with E-state index < -0.39 is 23.3 Å². The Hall–Kier alpha value is -2.64. The van der Waals surface area contributed by atoms with Gasteiger partial charge in [0.15, 0.2) is 6.17 Å². The van der Waals surface area contributed by atoms with Crippen LogP contribution >= 0.6 is 0 Å². The number of nitrogens with one attached hydrogen (secondary N) is 2. The van der Waals surface area contributed by atoms with E-state index in [1.165, 1.54) is 6.07 Å². The summed E-state index contributed by atoms with van der Waals surface area (Å²) in [6, 6.07) is 5.21. The van der Waals surface area contributed by atoms with Crippen LogP contribution in [0.15, 0.2) is 57.5 Å². The summed E-state index contributed by atoms with van der Waals surface area (Å²) in [6.07, 6.45) is -2.33. The predicted octanol–water partition coefficient (Wildman–Crippen LogP) is 3.41. The third-order valence-corrected chi connectivity index (χ3v) is 5.31. The Morgan fingerprint density at radius 1 is 1.35 bits per heavy atom. The Labute approximate surface area is 148 Å². The van der Waals surface area contributed by atoms with Gasteiger partial charge >= 0.3 is 6.18 Å². The molecule has 4 rings (SSSR count). The second-order valence-corrected chi connectivity index (χ2v) is 6.56. The van der Waals surface area contributed by atoms with Crippen LogP contribution in [0.1, 0.15) is 30.9 Å². The minimum atomic E-state index is -4.46. The molecule has 1 aromatic carbocycles. The first-order valence-corrected chi connectivity index (χ1v) is 8.44. The summed E-state index contributed by atoms with van der Waals surface area (Å²) in [5.41, 5.74) is 0.625. The highest BCUT2D eigenvalue weighted by molar-refractivity contribution is 5.99. The zero-order chi connectivity index (χ0) is 18.5. The summed E-state index contributed by atoms with van der Waals surface area (Å²) < 4.78 is 39.9. The van der Waals surface area contributed by atoms with Gasteiger partial charge in [-0.15, -0.1) is 0 Å². The number of alkyl halides is 3. The maximum Gasteiger partial charge on any atom is 0.416 e. The highest BCUT2D eigenvalue weighted by atomic mass is 19.4. The van der Waals surface area contributed by atoms with Crippen LogP contribution in [0.2, 0.25) is 0 Å². The van der Waals surface area contributed by atoms with Crippen molar-refractivity contribution in [3.63, 3.8) is 0 Å². The van der Waals surface area contributed by atoms with Gasteiger partial charge in [-0.05, 0) is 18.1 Å². The van der Waals surface area contributed by atoms with E-state index in [0.29, 0.717) is 36.1 Å². The molecule has 2 N–H and O–H groups in total. The average molecular weight is 362 g/mol. The molecule has 2 atom stereocenters. The smallest absolute Gasteiger partial charge is 0.362 e. The number of amides is 1. The van der Waals surface area contributed by atoms with Gasteiger partial charge in [0.1, 0.15) is 0 Å². The molecule has 0 aromatic heterocycles. The number of carbonyl (C=O) groups is 1. The lowest BCUT2D eigenvalue weighted by Gasteiger charge is -2.45. The highest BCUT2D eigenvalue weighted by Crippen LogP contribution is 2.50. The molecule has 1 amide bonds. The second-order valence-electron chi connectivity index (χ2n) is 6.56. The molecule has 3 heterocycles. The fourth-order valence-corrected chi connectivity index (χ4v) is 4.16. The molecule has 5 nitrogen and oxygen atoms in total. The summed E-state index contributed by atoms with van der Waals surface area (Å²) in [4.78, 5) is 12.7. The molecule has 8 heteroatoms. The summed E-state index contributed by atoms with van der Waals surface area (Å²) in [6.45, 7) is 2.35. The van der Waals surface area contributed by atoms with Crippen LogP contribution in [-0.4, -0.2) is 18.6 Å². The molecule has 26 heavy (non-hydrogen) atoms. The molecular weight excluding hydrogens is 345 g/mol. The lowest BCUT2D eigenvalue weighted by Crippen LogP contribution is -2.53. The number of azo groups is 1. The van der Waals surface area contributed by atoms with Crippen molar-refractivity contribution in [3.8, 4) is 0 Å². The summed E-state index contributed by atoms with van der Waals surface area (Å²) >= 11 is 0. The standard InChI is InChI=1S/C18H17F3N4O/c1-2-17(10-4-3-5-11(8-10)18(19,20)21)12-9-23-25-15(12)24-13-6-7-22-16(26)14(13)17/h3-5,8-9,15,24H,2,6-7H2,1H3,(H,22,26). The number of rotatable bonds is 2. The number of hydrogen-bond donors (Lipinski definition) is 2. The van der Waals surface area contributed by atoms with Crippen molar-refractivity contribution in [1.29, 1.82) is 0 Å². The Kier molecular flexibility index (Phi) is 3.68. The molecule has 0 spiro atoms. The third-order valence-electron chi connectivity index (χ3n) is 5.31. The number of carbonyl (C=O) groups excluding carboxylic acids is 1. The normalized spacial score (nSPS) is 27.5. The van der Waals surface area contributed by atoms with E-state index in [1.54, 1.807) is 12.3 Å². The molecule has 0 radical (unpaired) electrons. The van der Waals surface area contributed by atoms with Gasteiger partial charge in [-0.3, -0.25) is 4.79 Å². The van der Waals surface area contributed by atoms with E-state index in [9.17, 15) is 18.0 Å². The van der Waals surface area contributed by atoms with Crippen molar-refractivity contribution in [1.82, 2.24) is 10.6 Å². The maximum atomic E-state index is 13.3. The summed E-state index contributed by atoms with van der Waals surface area (Å²) in [7, 11) is 0. The molecule has 0 fully saturated rings. The van der Waals surface area contributed by atoms with Gasteiger partial charge in [0.25, 0.3) is 0 Å². The molecule has 3 aliphatic rings. The largest absolute Gasteiger partial charge is 0.416 e. The van der Waals surface area contributed by atoms with Crippen molar-refractivity contribution in [3.05, 3.63) is 58.4 Å². The summed E-state index contributed by atoms with van der Waals surface area (Å²) in [5, 5.41) is 14.2. The van der Waals surface area contributed by atoms with Crippen LogP contribution in [0.25, 0.3) is 0 Å².